The Hall–Kier alpha value is -0.940. The third-order valence-electron chi connectivity index (χ3n) is 2.24. The van der Waals surface area contributed by atoms with Gasteiger partial charge in [0.25, 0.3) is 0 Å². The van der Waals surface area contributed by atoms with Crippen molar-refractivity contribution in [3.05, 3.63) is 35.1 Å². The molecule has 0 heterocycles. The fraction of sp³-hybridized carbons (Fsp3) is 0.455. The van der Waals surface area contributed by atoms with Crippen molar-refractivity contribution >= 4 is 9.84 Å². The van der Waals surface area contributed by atoms with Gasteiger partial charge in [-0.05, 0) is 18.1 Å². The number of nitrogens with two attached hydrogens (primary N) is 1. The highest BCUT2D eigenvalue weighted by atomic mass is 32.2. The van der Waals surface area contributed by atoms with E-state index in [1.165, 1.54) is 12.1 Å². The lowest BCUT2D eigenvalue weighted by atomic mass is 10.1. The summed E-state index contributed by atoms with van der Waals surface area (Å²) in [6, 6.07) is 4.43. The van der Waals surface area contributed by atoms with Crippen LogP contribution in [-0.2, 0) is 22.1 Å². The van der Waals surface area contributed by atoms with Crippen molar-refractivity contribution in [2.75, 3.05) is 5.75 Å². The summed E-state index contributed by atoms with van der Waals surface area (Å²) < 4.78 is 36.5. The van der Waals surface area contributed by atoms with Gasteiger partial charge in [0, 0.05) is 12.1 Å². The van der Waals surface area contributed by atoms with Gasteiger partial charge in [-0.3, -0.25) is 0 Å². The van der Waals surface area contributed by atoms with E-state index in [4.69, 9.17) is 5.73 Å². The molecule has 1 aromatic rings. The number of hydrogen-bond donors (Lipinski definition) is 1. The normalized spacial score (nSPS) is 11.7. The third kappa shape index (κ3) is 3.57. The molecule has 0 radical (unpaired) electrons. The quantitative estimate of drug-likeness (QED) is 0.857. The fourth-order valence-corrected chi connectivity index (χ4v) is 2.93. The van der Waals surface area contributed by atoms with Crippen molar-refractivity contribution in [1.29, 1.82) is 0 Å². The molecule has 0 aliphatic rings. The zero-order valence-electron chi connectivity index (χ0n) is 9.24. The Balaban J connectivity index is 2.90. The van der Waals surface area contributed by atoms with E-state index in [0.717, 1.165) is 0 Å². The summed E-state index contributed by atoms with van der Waals surface area (Å²) in [7, 11) is -3.20. The van der Waals surface area contributed by atoms with Crippen LogP contribution >= 0.6 is 0 Å². The van der Waals surface area contributed by atoms with Crippen LogP contribution < -0.4 is 5.73 Å². The Labute approximate surface area is 95.4 Å². The molecule has 0 bridgehead atoms. The van der Waals surface area contributed by atoms with Gasteiger partial charge < -0.3 is 5.73 Å². The predicted molar refractivity (Wildman–Crippen MR) is 62.1 cm³/mol. The van der Waals surface area contributed by atoms with E-state index >= 15 is 0 Å². The summed E-state index contributed by atoms with van der Waals surface area (Å²) in [6.07, 6.45) is 0.546. The number of hydrogen-bond acceptors (Lipinski definition) is 3. The molecule has 16 heavy (non-hydrogen) atoms. The molecule has 1 rings (SSSR count). The highest BCUT2D eigenvalue weighted by Crippen LogP contribution is 2.14. The lowest BCUT2D eigenvalue weighted by molar-refractivity contribution is 0.585. The van der Waals surface area contributed by atoms with Gasteiger partial charge in [0.2, 0.25) is 0 Å². The highest BCUT2D eigenvalue weighted by molar-refractivity contribution is 7.90. The molecule has 0 aliphatic heterocycles. The summed E-state index contributed by atoms with van der Waals surface area (Å²) in [5.41, 5.74) is 6.23. The molecular weight excluding hydrogens is 229 g/mol. The first-order valence-electron chi connectivity index (χ1n) is 5.16. The van der Waals surface area contributed by atoms with Crippen molar-refractivity contribution in [1.82, 2.24) is 0 Å². The molecule has 0 aliphatic carbocycles. The summed E-state index contributed by atoms with van der Waals surface area (Å²) in [4.78, 5) is 0. The van der Waals surface area contributed by atoms with E-state index < -0.39 is 15.7 Å². The topological polar surface area (TPSA) is 60.2 Å². The smallest absolute Gasteiger partial charge is 0.154 e. The Bertz CT molecular complexity index is 457. The van der Waals surface area contributed by atoms with E-state index in [1.54, 1.807) is 13.0 Å². The van der Waals surface area contributed by atoms with Gasteiger partial charge in [0.05, 0.1) is 11.5 Å². The number of sulfone groups is 1. The van der Waals surface area contributed by atoms with Crippen LogP contribution in [0.4, 0.5) is 4.39 Å². The first kappa shape index (κ1) is 13.1. The van der Waals surface area contributed by atoms with E-state index in [9.17, 15) is 12.8 Å². The third-order valence-corrected chi connectivity index (χ3v) is 4.02. The second kappa shape index (κ2) is 5.41. The molecular formula is C11H16FNO2S. The SMILES string of the molecule is CCCS(=O)(=O)Cc1ccc(CN)cc1F. The van der Waals surface area contributed by atoms with E-state index in [0.29, 0.717) is 12.0 Å². The number of rotatable bonds is 5. The summed E-state index contributed by atoms with van der Waals surface area (Å²) in [5, 5.41) is 0. The average Bonchev–Trinajstić information content (AvgIpc) is 2.20. The van der Waals surface area contributed by atoms with Crippen LogP contribution in [0.25, 0.3) is 0 Å². The second-order valence-electron chi connectivity index (χ2n) is 3.72. The van der Waals surface area contributed by atoms with E-state index in [-0.39, 0.29) is 23.6 Å². The van der Waals surface area contributed by atoms with Gasteiger partial charge in [-0.2, -0.15) is 0 Å². The van der Waals surface area contributed by atoms with Crippen LogP contribution in [0.2, 0.25) is 0 Å². The average molecular weight is 245 g/mol. The number of halogens is 1. The minimum Gasteiger partial charge on any atom is -0.326 e. The first-order chi connectivity index (χ1) is 7.48. The largest absolute Gasteiger partial charge is 0.326 e. The van der Waals surface area contributed by atoms with E-state index in [2.05, 4.69) is 0 Å². The monoisotopic (exact) mass is 245 g/mol. The zero-order chi connectivity index (χ0) is 12.2. The van der Waals surface area contributed by atoms with Crippen LogP contribution in [0.1, 0.15) is 24.5 Å². The predicted octanol–water partition coefficient (Wildman–Crippen LogP) is 1.61. The Morgan fingerprint density at radius 3 is 2.56 bits per heavy atom. The Morgan fingerprint density at radius 2 is 2.06 bits per heavy atom. The van der Waals surface area contributed by atoms with Crippen LogP contribution in [0.5, 0.6) is 0 Å². The molecule has 0 saturated carbocycles. The summed E-state index contributed by atoms with van der Waals surface area (Å²) >= 11 is 0. The molecule has 5 heteroatoms. The van der Waals surface area contributed by atoms with Crippen LogP contribution in [0.15, 0.2) is 18.2 Å². The zero-order valence-corrected chi connectivity index (χ0v) is 10.1. The van der Waals surface area contributed by atoms with E-state index in [1.807, 2.05) is 0 Å². The Morgan fingerprint density at radius 1 is 1.38 bits per heavy atom. The van der Waals surface area contributed by atoms with Gasteiger partial charge in [-0.25, -0.2) is 12.8 Å². The van der Waals surface area contributed by atoms with Crippen molar-refractivity contribution in [2.45, 2.75) is 25.6 Å². The second-order valence-corrected chi connectivity index (χ2v) is 5.91. The molecule has 1 aromatic carbocycles. The molecule has 0 spiro atoms. The maximum atomic E-state index is 13.5. The molecule has 0 unspecified atom stereocenters. The fourth-order valence-electron chi connectivity index (χ4n) is 1.45. The molecule has 0 fully saturated rings. The summed E-state index contributed by atoms with van der Waals surface area (Å²) in [5.74, 6) is -0.648. The highest BCUT2D eigenvalue weighted by Gasteiger charge is 2.13. The van der Waals surface area contributed by atoms with Crippen LogP contribution in [0, 0.1) is 5.82 Å². The molecule has 0 amide bonds. The van der Waals surface area contributed by atoms with Crippen molar-refractivity contribution in [3.63, 3.8) is 0 Å². The molecule has 90 valence electrons. The minimum absolute atomic E-state index is 0.0884. The van der Waals surface area contributed by atoms with Gasteiger partial charge in [-0.15, -0.1) is 0 Å². The molecule has 0 atom stereocenters. The maximum Gasteiger partial charge on any atom is 0.154 e. The minimum atomic E-state index is -3.20. The molecule has 0 aromatic heterocycles. The maximum absolute atomic E-state index is 13.5. The molecule has 0 saturated heterocycles. The first-order valence-corrected chi connectivity index (χ1v) is 6.98. The standard InChI is InChI=1S/C11H16FNO2S/c1-2-5-16(14,15)8-10-4-3-9(7-13)6-11(10)12/h3-4,6H,2,5,7-8,13H2,1H3. The van der Waals surface area contributed by atoms with Crippen molar-refractivity contribution in [2.24, 2.45) is 5.73 Å². The Kier molecular flexibility index (Phi) is 4.44. The van der Waals surface area contributed by atoms with Crippen LogP contribution in [0.3, 0.4) is 0 Å². The van der Waals surface area contributed by atoms with Crippen LogP contribution in [-0.4, -0.2) is 14.2 Å². The summed E-state index contributed by atoms with van der Waals surface area (Å²) in [6.45, 7) is 2.03. The lowest BCUT2D eigenvalue weighted by Crippen LogP contribution is -2.10. The van der Waals surface area contributed by atoms with Crippen molar-refractivity contribution < 1.29 is 12.8 Å². The molecule has 3 nitrogen and oxygen atoms in total. The van der Waals surface area contributed by atoms with Crippen molar-refractivity contribution in [3.8, 4) is 0 Å². The van der Waals surface area contributed by atoms with Gasteiger partial charge >= 0.3 is 0 Å². The van der Waals surface area contributed by atoms with Gasteiger partial charge in [0.1, 0.15) is 5.82 Å². The number of benzene rings is 1. The van der Waals surface area contributed by atoms with Gasteiger partial charge in [0.15, 0.2) is 9.84 Å². The molecule has 2 N–H and O–H groups in total. The lowest BCUT2D eigenvalue weighted by Gasteiger charge is -2.05. The van der Waals surface area contributed by atoms with Gasteiger partial charge in [-0.1, -0.05) is 19.1 Å².